The van der Waals surface area contributed by atoms with E-state index in [4.69, 9.17) is 4.74 Å². The van der Waals surface area contributed by atoms with Crippen molar-refractivity contribution in [3.8, 4) is 0 Å². The Balaban J connectivity index is 2.51. The van der Waals surface area contributed by atoms with Crippen LogP contribution in [0.15, 0.2) is 0 Å². The summed E-state index contributed by atoms with van der Waals surface area (Å²) in [5, 5.41) is 0. The first-order valence-electron chi connectivity index (χ1n) is 4.54. The fourth-order valence-electron chi connectivity index (χ4n) is 1.66. The van der Waals surface area contributed by atoms with Gasteiger partial charge in [-0.15, -0.1) is 0 Å². The Bertz CT molecular complexity index is 170. The smallest absolute Gasteiger partial charge is 0.222 e. The molecule has 0 bridgehead atoms. The average molecular weight is 171 g/mol. The fourth-order valence-corrected chi connectivity index (χ4v) is 1.66. The summed E-state index contributed by atoms with van der Waals surface area (Å²) in [5.41, 5.74) is 0. The van der Waals surface area contributed by atoms with E-state index in [9.17, 15) is 4.79 Å². The highest BCUT2D eigenvalue weighted by Crippen LogP contribution is 2.18. The first-order chi connectivity index (χ1) is 5.66. The largest absolute Gasteiger partial charge is 0.376 e. The molecule has 3 heteroatoms. The third-order valence-corrected chi connectivity index (χ3v) is 2.53. The molecular weight excluding hydrogens is 154 g/mol. The van der Waals surface area contributed by atoms with Gasteiger partial charge in [0.05, 0.1) is 12.1 Å². The summed E-state index contributed by atoms with van der Waals surface area (Å²) in [5.74, 6) is 0.206. The number of carbonyl (C=O) groups is 1. The number of carbonyl (C=O) groups excluding carboxylic acids is 1. The molecule has 12 heavy (non-hydrogen) atoms. The SMILES string of the molecule is CCC(=O)N(C)C1CCOC1C. The normalized spacial score (nSPS) is 28.9. The zero-order valence-electron chi connectivity index (χ0n) is 8.04. The highest BCUT2D eigenvalue weighted by atomic mass is 16.5. The van der Waals surface area contributed by atoms with Gasteiger partial charge in [0.1, 0.15) is 0 Å². The minimum Gasteiger partial charge on any atom is -0.376 e. The van der Waals surface area contributed by atoms with Crippen LogP contribution in [0.5, 0.6) is 0 Å². The van der Waals surface area contributed by atoms with E-state index in [-0.39, 0.29) is 18.1 Å². The summed E-state index contributed by atoms with van der Waals surface area (Å²) in [6.07, 6.45) is 1.76. The van der Waals surface area contributed by atoms with Crippen LogP contribution < -0.4 is 0 Å². The number of hydrogen-bond donors (Lipinski definition) is 0. The molecule has 1 rings (SSSR count). The third-order valence-electron chi connectivity index (χ3n) is 2.53. The molecule has 2 unspecified atom stereocenters. The van der Waals surface area contributed by atoms with E-state index in [1.54, 1.807) is 0 Å². The lowest BCUT2D eigenvalue weighted by molar-refractivity contribution is -0.132. The van der Waals surface area contributed by atoms with E-state index in [1.807, 2.05) is 25.8 Å². The molecule has 0 N–H and O–H groups in total. The predicted octanol–water partition coefficient (Wildman–Crippen LogP) is 1.03. The maximum absolute atomic E-state index is 11.3. The molecule has 0 aromatic carbocycles. The van der Waals surface area contributed by atoms with Gasteiger partial charge in [0.2, 0.25) is 5.91 Å². The molecule has 3 nitrogen and oxygen atoms in total. The van der Waals surface area contributed by atoms with Crippen molar-refractivity contribution in [2.45, 2.75) is 38.8 Å². The van der Waals surface area contributed by atoms with E-state index in [0.717, 1.165) is 13.0 Å². The van der Waals surface area contributed by atoms with Crippen LogP contribution in [-0.2, 0) is 9.53 Å². The predicted molar refractivity (Wildman–Crippen MR) is 46.9 cm³/mol. The molecule has 2 atom stereocenters. The monoisotopic (exact) mass is 171 g/mol. The van der Waals surface area contributed by atoms with Crippen LogP contribution in [-0.4, -0.2) is 36.6 Å². The molecule has 0 saturated carbocycles. The van der Waals surface area contributed by atoms with E-state index >= 15 is 0 Å². The van der Waals surface area contributed by atoms with Crippen molar-refractivity contribution in [1.82, 2.24) is 4.90 Å². The Hall–Kier alpha value is -0.570. The molecule has 1 aliphatic rings. The Labute approximate surface area is 73.7 Å². The average Bonchev–Trinajstić information content (AvgIpc) is 2.48. The number of rotatable bonds is 2. The van der Waals surface area contributed by atoms with E-state index < -0.39 is 0 Å². The van der Waals surface area contributed by atoms with E-state index in [1.165, 1.54) is 0 Å². The second-order valence-corrected chi connectivity index (χ2v) is 3.29. The summed E-state index contributed by atoms with van der Waals surface area (Å²) in [6, 6.07) is 0.289. The third kappa shape index (κ3) is 1.78. The van der Waals surface area contributed by atoms with E-state index in [2.05, 4.69) is 0 Å². The zero-order valence-corrected chi connectivity index (χ0v) is 8.04. The molecule has 0 spiro atoms. The van der Waals surface area contributed by atoms with Crippen LogP contribution >= 0.6 is 0 Å². The van der Waals surface area contributed by atoms with Gasteiger partial charge in [0, 0.05) is 20.1 Å². The molecule has 70 valence electrons. The molecule has 1 heterocycles. The van der Waals surface area contributed by atoms with Crippen LogP contribution in [0.3, 0.4) is 0 Å². The molecule has 1 fully saturated rings. The first-order valence-corrected chi connectivity index (χ1v) is 4.54. The van der Waals surface area contributed by atoms with Gasteiger partial charge in [-0.2, -0.15) is 0 Å². The Morgan fingerprint density at radius 3 is 2.75 bits per heavy atom. The minimum absolute atomic E-state index is 0.200. The van der Waals surface area contributed by atoms with Crippen molar-refractivity contribution in [1.29, 1.82) is 0 Å². The van der Waals surface area contributed by atoms with Gasteiger partial charge in [-0.3, -0.25) is 4.79 Å². The second-order valence-electron chi connectivity index (χ2n) is 3.29. The molecule has 1 saturated heterocycles. The second kappa shape index (κ2) is 3.90. The lowest BCUT2D eigenvalue weighted by atomic mass is 10.1. The molecule has 0 aromatic rings. The molecular formula is C9H17NO2. The lowest BCUT2D eigenvalue weighted by Gasteiger charge is -2.26. The Morgan fingerprint density at radius 1 is 1.67 bits per heavy atom. The lowest BCUT2D eigenvalue weighted by Crippen LogP contribution is -2.40. The summed E-state index contributed by atoms with van der Waals surface area (Å²) in [4.78, 5) is 13.1. The molecule has 0 aromatic heterocycles. The van der Waals surface area contributed by atoms with Gasteiger partial charge in [-0.25, -0.2) is 0 Å². The molecule has 0 radical (unpaired) electrons. The number of hydrogen-bond acceptors (Lipinski definition) is 2. The van der Waals surface area contributed by atoms with Gasteiger partial charge in [-0.1, -0.05) is 6.92 Å². The number of nitrogens with zero attached hydrogens (tertiary/aromatic N) is 1. The fraction of sp³-hybridized carbons (Fsp3) is 0.889. The Morgan fingerprint density at radius 2 is 2.33 bits per heavy atom. The standard InChI is InChI=1S/C9H17NO2/c1-4-9(11)10(3)8-5-6-12-7(8)2/h7-8H,4-6H2,1-3H3. The van der Waals surface area contributed by atoms with Crippen molar-refractivity contribution >= 4 is 5.91 Å². The number of ether oxygens (including phenoxy) is 1. The maximum Gasteiger partial charge on any atom is 0.222 e. The number of amides is 1. The molecule has 1 amide bonds. The highest BCUT2D eigenvalue weighted by molar-refractivity contribution is 5.75. The maximum atomic E-state index is 11.3. The quantitative estimate of drug-likeness (QED) is 0.621. The van der Waals surface area contributed by atoms with Crippen LogP contribution in [0.1, 0.15) is 26.7 Å². The Kier molecular flexibility index (Phi) is 3.09. The van der Waals surface area contributed by atoms with Crippen molar-refractivity contribution in [2.24, 2.45) is 0 Å². The van der Waals surface area contributed by atoms with Gasteiger partial charge in [0.25, 0.3) is 0 Å². The summed E-state index contributed by atoms with van der Waals surface area (Å²) < 4.78 is 5.39. The summed E-state index contributed by atoms with van der Waals surface area (Å²) in [7, 11) is 1.86. The van der Waals surface area contributed by atoms with Gasteiger partial charge < -0.3 is 9.64 Å². The molecule has 1 aliphatic heterocycles. The van der Waals surface area contributed by atoms with Crippen LogP contribution in [0.4, 0.5) is 0 Å². The van der Waals surface area contributed by atoms with Gasteiger partial charge >= 0.3 is 0 Å². The minimum atomic E-state index is 0.200. The summed E-state index contributed by atoms with van der Waals surface area (Å²) >= 11 is 0. The van der Waals surface area contributed by atoms with Crippen LogP contribution in [0, 0.1) is 0 Å². The van der Waals surface area contributed by atoms with Crippen molar-refractivity contribution in [2.75, 3.05) is 13.7 Å². The first kappa shape index (κ1) is 9.52. The highest BCUT2D eigenvalue weighted by Gasteiger charge is 2.29. The van der Waals surface area contributed by atoms with Crippen LogP contribution in [0.2, 0.25) is 0 Å². The van der Waals surface area contributed by atoms with Gasteiger partial charge in [-0.05, 0) is 13.3 Å². The topological polar surface area (TPSA) is 29.5 Å². The van der Waals surface area contributed by atoms with Gasteiger partial charge in [0.15, 0.2) is 0 Å². The van der Waals surface area contributed by atoms with Crippen molar-refractivity contribution < 1.29 is 9.53 Å². The van der Waals surface area contributed by atoms with Crippen molar-refractivity contribution in [3.05, 3.63) is 0 Å². The summed E-state index contributed by atoms with van der Waals surface area (Å²) in [6.45, 7) is 4.70. The van der Waals surface area contributed by atoms with Crippen LogP contribution in [0.25, 0.3) is 0 Å². The molecule has 0 aliphatic carbocycles. The number of likely N-dealkylation sites (N-methyl/N-ethyl adjacent to an activating group) is 1. The van der Waals surface area contributed by atoms with Crippen molar-refractivity contribution in [3.63, 3.8) is 0 Å². The van der Waals surface area contributed by atoms with E-state index in [0.29, 0.717) is 6.42 Å². The zero-order chi connectivity index (χ0) is 9.14.